The van der Waals surface area contributed by atoms with Gasteiger partial charge in [-0.2, -0.15) is 0 Å². The van der Waals surface area contributed by atoms with Crippen LogP contribution in [0.1, 0.15) is 32.9 Å². The molecule has 9 nitrogen and oxygen atoms in total. The van der Waals surface area contributed by atoms with Crippen molar-refractivity contribution in [1.29, 1.82) is 0 Å². The molecular weight excluding hydrogens is 711 g/mol. The lowest BCUT2D eigenvalue weighted by molar-refractivity contribution is 0.112. The molecule has 4 aromatic carbocycles. The number of carbonyl (C=O) groups excluding carboxylic acids is 1. The molecule has 10 heteroatoms. The fraction of sp³-hybridized carbons (Fsp3) is 0.162. The smallest absolute Gasteiger partial charge is 0.168 e. The molecule has 0 N–H and O–H groups in total. The molecule has 0 fully saturated rings. The number of halogens is 1. The lowest BCUT2D eigenvalue weighted by Gasteiger charge is -2.13. The zero-order chi connectivity index (χ0) is 33.2. The molecule has 0 bridgehead atoms. The number of carbonyl (C=O) groups is 1. The Morgan fingerprint density at radius 2 is 1.11 bits per heavy atom. The Labute approximate surface area is 286 Å². The fourth-order valence-electron chi connectivity index (χ4n) is 4.61. The first-order valence-electron chi connectivity index (χ1n) is 14.6. The summed E-state index contributed by atoms with van der Waals surface area (Å²) < 4.78 is 34.2. The summed E-state index contributed by atoms with van der Waals surface area (Å²) in [6.45, 7) is 4.60. The van der Waals surface area contributed by atoms with E-state index in [2.05, 4.69) is 32.9 Å². The highest BCUT2D eigenvalue weighted by atomic mass is 127. The van der Waals surface area contributed by atoms with Crippen molar-refractivity contribution in [1.82, 2.24) is 10.3 Å². The molecule has 6 rings (SSSR count). The van der Waals surface area contributed by atoms with E-state index < -0.39 is 0 Å². The van der Waals surface area contributed by atoms with Gasteiger partial charge in [-0.25, -0.2) is 0 Å². The molecule has 0 radical (unpaired) electrons. The summed E-state index contributed by atoms with van der Waals surface area (Å²) in [5, 5.41) is 7.80. The molecule has 0 saturated heterocycles. The van der Waals surface area contributed by atoms with E-state index in [0.29, 0.717) is 53.1 Å². The van der Waals surface area contributed by atoms with Gasteiger partial charge in [-0.1, -0.05) is 71.0 Å². The Balaban J connectivity index is 0.000000185. The summed E-state index contributed by atoms with van der Waals surface area (Å²) in [7, 11) is 3.19. The predicted molar refractivity (Wildman–Crippen MR) is 186 cm³/mol. The minimum Gasteiger partial charge on any atom is -0.493 e. The van der Waals surface area contributed by atoms with Gasteiger partial charge in [-0.15, -0.1) is 0 Å². The number of rotatable bonds is 11. The first-order valence-corrected chi connectivity index (χ1v) is 15.7. The lowest BCUT2D eigenvalue weighted by atomic mass is 10.0. The highest BCUT2D eigenvalue weighted by Gasteiger charge is 2.17. The molecule has 47 heavy (non-hydrogen) atoms. The lowest BCUT2D eigenvalue weighted by Crippen LogP contribution is -1.99. The van der Waals surface area contributed by atoms with Crippen molar-refractivity contribution in [3.05, 3.63) is 129 Å². The number of aldehydes is 1. The van der Waals surface area contributed by atoms with Crippen molar-refractivity contribution in [3.63, 3.8) is 0 Å². The van der Waals surface area contributed by atoms with Crippen LogP contribution in [0, 0.1) is 17.4 Å². The molecule has 6 aromatic rings. The second-order valence-electron chi connectivity index (χ2n) is 10.4. The van der Waals surface area contributed by atoms with Crippen LogP contribution in [0.5, 0.6) is 23.0 Å². The van der Waals surface area contributed by atoms with Crippen LogP contribution in [-0.2, 0) is 13.2 Å². The largest absolute Gasteiger partial charge is 0.493 e. The van der Waals surface area contributed by atoms with Crippen LogP contribution in [0.4, 0.5) is 0 Å². The normalized spacial score (nSPS) is 10.5. The summed E-state index contributed by atoms with van der Waals surface area (Å²) in [5.74, 6) is 3.65. The van der Waals surface area contributed by atoms with Crippen molar-refractivity contribution in [2.75, 3.05) is 14.2 Å². The van der Waals surface area contributed by atoms with Gasteiger partial charge in [0.05, 0.1) is 25.6 Å². The second kappa shape index (κ2) is 15.9. The summed E-state index contributed by atoms with van der Waals surface area (Å²) in [4.78, 5) is 11.5. The molecule has 0 aliphatic rings. The fourth-order valence-corrected chi connectivity index (χ4v) is 5.31. The Morgan fingerprint density at radius 1 is 0.638 bits per heavy atom. The molecule has 0 spiro atoms. The average Bonchev–Trinajstić information content (AvgIpc) is 3.74. The Kier molecular flexibility index (Phi) is 11.3. The summed E-state index contributed by atoms with van der Waals surface area (Å²) in [5.41, 5.74) is 5.74. The van der Waals surface area contributed by atoms with Crippen molar-refractivity contribution < 1.29 is 32.8 Å². The third kappa shape index (κ3) is 8.59. The van der Waals surface area contributed by atoms with Gasteiger partial charge < -0.3 is 28.0 Å². The highest BCUT2D eigenvalue weighted by molar-refractivity contribution is 14.1. The molecule has 0 aliphatic heterocycles. The SMILES string of the molecule is COc1cc(-c2cc(C)no2)c(C=O)cc1OCc1ccccc1.COc1cc(-c2cc(C)no2)c(I)cc1OCc1ccccc1. The van der Waals surface area contributed by atoms with E-state index in [1.165, 1.54) is 0 Å². The second-order valence-corrected chi connectivity index (χ2v) is 11.6. The molecule has 0 saturated carbocycles. The minimum absolute atomic E-state index is 0.385. The number of methoxy groups -OCH3 is 2. The zero-order valence-corrected chi connectivity index (χ0v) is 28.5. The standard InChI is InChI=1S/C19H17NO4.C18H16INO3/c1-13-8-17(24-20-13)16-10-18(22-2)19(9-15(16)11-21)23-12-14-6-4-3-5-7-14;1-12-8-16(23-20-12)14-9-17(21-2)18(10-15(14)19)22-11-13-6-4-3-5-7-13/h3-11H,12H2,1-2H3;3-10H,11H2,1-2H3. The molecule has 2 heterocycles. The van der Waals surface area contributed by atoms with Gasteiger partial charge >= 0.3 is 0 Å². The highest BCUT2D eigenvalue weighted by Crippen LogP contribution is 2.38. The van der Waals surface area contributed by atoms with E-state index in [-0.39, 0.29) is 0 Å². The van der Waals surface area contributed by atoms with Crippen LogP contribution in [0.25, 0.3) is 22.6 Å². The van der Waals surface area contributed by atoms with Gasteiger partial charge in [-0.3, -0.25) is 4.79 Å². The number of hydrogen-bond acceptors (Lipinski definition) is 9. The van der Waals surface area contributed by atoms with Crippen LogP contribution in [0.15, 0.2) is 106 Å². The van der Waals surface area contributed by atoms with Crippen LogP contribution in [-0.4, -0.2) is 30.8 Å². The van der Waals surface area contributed by atoms with Crippen molar-refractivity contribution in [2.24, 2.45) is 0 Å². The number of ether oxygens (including phenoxy) is 4. The van der Waals surface area contributed by atoms with Gasteiger partial charge in [0.1, 0.15) is 13.2 Å². The molecule has 0 atom stereocenters. The molecule has 0 amide bonds. The molecule has 2 aromatic heterocycles. The van der Waals surface area contributed by atoms with E-state index in [0.717, 1.165) is 43.7 Å². The molecule has 0 unspecified atom stereocenters. The van der Waals surface area contributed by atoms with E-state index >= 15 is 0 Å². The summed E-state index contributed by atoms with van der Waals surface area (Å²) in [6.07, 6.45) is 0.766. The molecule has 0 aliphatic carbocycles. The van der Waals surface area contributed by atoms with Crippen LogP contribution < -0.4 is 18.9 Å². The Morgan fingerprint density at radius 3 is 1.55 bits per heavy atom. The number of nitrogens with zero attached hydrogens (tertiary/aromatic N) is 2. The van der Waals surface area contributed by atoms with E-state index in [9.17, 15) is 4.79 Å². The predicted octanol–water partition coefficient (Wildman–Crippen LogP) is 8.89. The molecular formula is C37H33IN2O7. The van der Waals surface area contributed by atoms with Crippen LogP contribution in [0.2, 0.25) is 0 Å². The van der Waals surface area contributed by atoms with Crippen LogP contribution in [0.3, 0.4) is 0 Å². The monoisotopic (exact) mass is 744 g/mol. The van der Waals surface area contributed by atoms with Gasteiger partial charge in [0.25, 0.3) is 0 Å². The summed E-state index contributed by atoms with van der Waals surface area (Å²) >= 11 is 2.26. The number of hydrogen-bond donors (Lipinski definition) is 0. The quantitative estimate of drug-likeness (QED) is 0.0950. The topological polar surface area (TPSA) is 106 Å². The van der Waals surface area contributed by atoms with Crippen molar-refractivity contribution >= 4 is 28.9 Å². The van der Waals surface area contributed by atoms with Gasteiger partial charge in [0, 0.05) is 32.4 Å². The number of aryl methyl sites for hydroxylation is 2. The van der Waals surface area contributed by atoms with Gasteiger partial charge in [-0.05, 0) is 71.8 Å². The third-order valence-corrected chi connectivity index (χ3v) is 7.87. The van der Waals surface area contributed by atoms with E-state index in [1.807, 2.05) is 92.7 Å². The summed E-state index contributed by atoms with van der Waals surface area (Å²) in [6, 6.07) is 30.7. The first-order chi connectivity index (χ1) is 22.9. The zero-order valence-electron chi connectivity index (χ0n) is 26.4. The van der Waals surface area contributed by atoms with Crippen molar-refractivity contribution in [2.45, 2.75) is 27.1 Å². The molecule has 240 valence electrons. The van der Waals surface area contributed by atoms with Crippen LogP contribution >= 0.6 is 22.6 Å². The first kappa shape index (κ1) is 33.3. The van der Waals surface area contributed by atoms with E-state index in [4.69, 9.17) is 28.0 Å². The Hall–Kier alpha value is -5.10. The van der Waals surface area contributed by atoms with Gasteiger partial charge in [0.2, 0.25) is 0 Å². The van der Waals surface area contributed by atoms with E-state index in [1.54, 1.807) is 32.4 Å². The maximum atomic E-state index is 11.5. The number of aromatic nitrogens is 2. The average molecular weight is 745 g/mol. The maximum Gasteiger partial charge on any atom is 0.168 e. The Bertz CT molecular complexity index is 1920. The minimum atomic E-state index is 0.385. The number of benzene rings is 4. The van der Waals surface area contributed by atoms with Crippen molar-refractivity contribution in [3.8, 4) is 45.6 Å². The van der Waals surface area contributed by atoms with Gasteiger partial charge in [0.15, 0.2) is 40.8 Å². The maximum absolute atomic E-state index is 11.5. The third-order valence-electron chi connectivity index (χ3n) is 6.98.